The monoisotopic (exact) mass is 188 g/mol. The molecule has 1 aromatic rings. The Labute approximate surface area is 82.0 Å². The second kappa shape index (κ2) is 3.58. The molecule has 0 spiro atoms. The highest BCUT2D eigenvalue weighted by atomic mass is 32.1. The van der Waals surface area contributed by atoms with E-state index in [1.807, 2.05) is 18.2 Å². The predicted molar refractivity (Wildman–Crippen MR) is 56.4 cm³/mol. The molecule has 3 heteroatoms. The molecule has 0 aliphatic heterocycles. The Balaban J connectivity index is 2.41. The third kappa shape index (κ3) is 1.70. The molecule has 1 aromatic heterocycles. The van der Waals surface area contributed by atoms with Gasteiger partial charge in [-0.2, -0.15) is 0 Å². The van der Waals surface area contributed by atoms with Crippen molar-refractivity contribution in [3.63, 3.8) is 0 Å². The highest BCUT2D eigenvalue weighted by molar-refractivity contribution is 7.81. The molecule has 0 fully saturated rings. The molecule has 0 atom stereocenters. The maximum absolute atomic E-state index is 5.22. The van der Waals surface area contributed by atoms with E-state index in [1.54, 1.807) is 18.6 Å². The van der Waals surface area contributed by atoms with E-state index in [4.69, 9.17) is 12.2 Å². The lowest BCUT2D eigenvalue weighted by atomic mass is 10.0. The smallest absolute Gasteiger partial charge is 0.0896 e. The second-order valence-corrected chi connectivity index (χ2v) is 3.22. The Morgan fingerprint density at radius 1 is 1.31 bits per heavy atom. The lowest BCUT2D eigenvalue weighted by molar-refractivity contribution is 1.17. The number of thiocarbonyl (C=S) groups is 1. The fraction of sp³-hybridized carbons (Fsp3) is 0.100. The fourth-order valence-electron chi connectivity index (χ4n) is 1.21. The van der Waals surface area contributed by atoms with Crippen molar-refractivity contribution in [1.29, 1.82) is 0 Å². The zero-order valence-corrected chi connectivity index (χ0v) is 7.79. The normalized spacial score (nSPS) is 15.7. The van der Waals surface area contributed by atoms with Crippen molar-refractivity contribution < 1.29 is 0 Å². The summed E-state index contributed by atoms with van der Waals surface area (Å²) in [5.74, 6) is 0. The summed E-state index contributed by atoms with van der Waals surface area (Å²) in [6.07, 6.45) is 11.9. The highest BCUT2D eigenvalue weighted by Crippen LogP contribution is 2.18. The average Bonchev–Trinajstić information content (AvgIpc) is 2.20. The third-order valence-electron chi connectivity index (χ3n) is 1.84. The number of aromatic nitrogens is 2. The van der Waals surface area contributed by atoms with Crippen molar-refractivity contribution in [3.05, 3.63) is 42.5 Å². The van der Waals surface area contributed by atoms with Gasteiger partial charge in [0.15, 0.2) is 0 Å². The molecule has 64 valence electrons. The van der Waals surface area contributed by atoms with E-state index in [0.29, 0.717) is 0 Å². The first-order chi connectivity index (χ1) is 6.38. The van der Waals surface area contributed by atoms with Gasteiger partial charge in [-0.1, -0.05) is 30.4 Å². The van der Waals surface area contributed by atoms with Crippen molar-refractivity contribution in [2.24, 2.45) is 0 Å². The first kappa shape index (κ1) is 8.26. The topological polar surface area (TPSA) is 25.8 Å². The lowest BCUT2D eigenvalue weighted by Gasteiger charge is -2.08. The summed E-state index contributed by atoms with van der Waals surface area (Å²) in [7, 11) is 0. The van der Waals surface area contributed by atoms with Crippen LogP contribution in [0.5, 0.6) is 0 Å². The van der Waals surface area contributed by atoms with E-state index in [-0.39, 0.29) is 0 Å². The quantitative estimate of drug-likeness (QED) is 0.632. The van der Waals surface area contributed by atoms with Crippen LogP contribution in [0.1, 0.15) is 12.1 Å². The summed E-state index contributed by atoms with van der Waals surface area (Å²) < 4.78 is 0. The van der Waals surface area contributed by atoms with Gasteiger partial charge in [-0.25, -0.2) is 0 Å². The van der Waals surface area contributed by atoms with Crippen LogP contribution >= 0.6 is 12.2 Å². The van der Waals surface area contributed by atoms with Crippen molar-refractivity contribution in [1.82, 2.24) is 9.97 Å². The zero-order chi connectivity index (χ0) is 9.10. The molecule has 1 aliphatic rings. The number of nitrogens with zero attached hydrogens (tertiary/aromatic N) is 2. The minimum Gasteiger partial charge on any atom is -0.261 e. The van der Waals surface area contributed by atoms with E-state index in [1.165, 1.54) is 0 Å². The molecule has 0 bridgehead atoms. The van der Waals surface area contributed by atoms with Gasteiger partial charge in [-0.15, -0.1) is 0 Å². The lowest BCUT2D eigenvalue weighted by Crippen LogP contribution is -2.02. The predicted octanol–water partition coefficient (Wildman–Crippen LogP) is 2.19. The molecule has 0 saturated carbocycles. The first-order valence-electron chi connectivity index (χ1n) is 4.04. The number of rotatable bonds is 1. The highest BCUT2D eigenvalue weighted by Gasteiger charge is 2.09. The number of hydrogen-bond donors (Lipinski definition) is 0. The van der Waals surface area contributed by atoms with E-state index in [0.717, 1.165) is 22.6 Å². The molecule has 0 unspecified atom stereocenters. The zero-order valence-electron chi connectivity index (χ0n) is 6.97. The Hall–Kier alpha value is -1.35. The Morgan fingerprint density at radius 3 is 2.92 bits per heavy atom. The van der Waals surface area contributed by atoms with Gasteiger partial charge >= 0.3 is 0 Å². The van der Waals surface area contributed by atoms with Gasteiger partial charge < -0.3 is 0 Å². The summed E-state index contributed by atoms with van der Waals surface area (Å²) >= 11 is 5.22. The molecular weight excluding hydrogens is 180 g/mol. The van der Waals surface area contributed by atoms with E-state index >= 15 is 0 Å². The van der Waals surface area contributed by atoms with Gasteiger partial charge in [-0.05, 0) is 0 Å². The Bertz CT molecular complexity index is 379. The van der Waals surface area contributed by atoms with E-state index in [9.17, 15) is 0 Å². The largest absolute Gasteiger partial charge is 0.261 e. The SMILES string of the molecule is S=C1CC=CC=C1c1cnccn1. The van der Waals surface area contributed by atoms with Crippen LogP contribution in [0.25, 0.3) is 5.57 Å². The summed E-state index contributed by atoms with van der Waals surface area (Å²) in [5.41, 5.74) is 1.88. The van der Waals surface area contributed by atoms with Crippen LogP contribution in [-0.2, 0) is 0 Å². The molecule has 13 heavy (non-hydrogen) atoms. The standard InChI is InChI=1S/C10H8N2S/c13-10-4-2-1-3-8(10)9-7-11-5-6-12-9/h1-3,5-7H,4H2. The molecule has 0 saturated heterocycles. The van der Waals surface area contributed by atoms with Crippen LogP contribution in [0, 0.1) is 0 Å². The van der Waals surface area contributed by atoms with Crippen LogP contribution in [0.15, 0.2) is 36.8 Å². The summed E-state index contributed by atoms with van der Waals surface area (Å²) in [6.45, 7) is 0. The van der Waals surface area contributed by atoms with Gasteiger partial charge in [0.25, 0.3) is 0 Å². The van der Waals surface area contributed by atoms with Gasteiger partial charge in [0.05, 0.1) is 11.9 Å². The molecule has 1 aliphatic carbocycles. The number of allylic oxidation sites excluding steroid dienone is 4. The molecule has 0 N–H and O–H groups in total. The van der Waals surface area contributed by atoms with E-state index < -0.39 is 0 Å². The minimum atomic E-state index is 0.831. The molecule has 0 aromatic carbocycles. The second-order valence-electron chi connectivity index (χ2n) is 2.73. The van der Waals surface area contributed by atoms with Crippen LogP contribution < -0.4 is 0 Å². The Kier molecular flexibility index (Phi) is 2.27. The molecular formula is C10H8N2S. The molecule has 1 heterocycles. The van der Waals surface area contributed by atoms with Crippen molar-refractivity contribution >= 4 is 22.7 Å². The van der Waals surface area contributed by atoms with Crippen LogP contribution in [0.3, 0.4) is 0 Å². The van der Waals surface area contributed by atoms with Crippen LogP contribution in [0.4, 0.5) is 0 Å². The van der Waals surface area contributed by atoms with Crippen molar-refractivity contribution in [2.45, 2.75) is 6.42 Å². The first-order valence-corrected chi connectivity index (χ1v) is 4.45. The van der Waals surface area contributed by atoms with Gasteiger partial charge in [0.1, 0.15) is 0 Å². The fourth-order valence-corrected chi connectivity index (χ4v) is 1.48. The molecule has 0 amide bonds. The molecule has 0 radical (unpaired) electrons. The maximum atomic E-state index is 5.22. The maximum Gasteiger partial charge on any atom is 0.0896 e. The van der Waals surface area contributed by atoms with E-state index in [2.05, 4.69) is 9.97 Å². The van der Waals surface area contributed by atoms with Crippen LogP contribution in [-0.4, -0.2) is 14.8 Å². The average molecular weight is 188 g/mol. The summed E-state index contributed by atoms with van der Waals surface area (Å²) in [5, 5.41) is 0. The molecule has 2 nitrogen and oxygen atoms in total. The summed E-state index contributed by atoms with van der Waals surface area (Å²) in [4.78, 5) is 9.14. The number of hydrogen-bond acceptors (Lipinski definition) is 3. The molecule has 2 rings (SSSR count). The van der Waals surface area contributed by atoms with Gasteiger partial charge in [0, 0.05) is 29.3 Å². The summed E-state index contributed by atoms with van der Waals surface area (Å²) in [6, 6.07) is 0. The van der Waals surface area contributed by atoms with Crippen LogP contribution in [0.2, 0.25) is 0 Å². The Morgan fingerprint density at radius 2 is 2.23 bits per heavy atom. The van der Waals surface area contributed by atoms with Crippen molar-refractivity contribution in [2.75, 3.05) is 0 Å². The van der Waals surface area contributed by atoms with Crippen molar-refractivity contribution in [3.8, 4) is 0 Å². The van der Waals surface area contributed by atoms with Gasteiger partial charge in [-0.3, -0.25) is 9.97 Å². The third-order valence-corrected chi connectivity index (χ3v) is 2.23. The minimum absolute atomic E-state index is 0.831. The van der Waals surface area contributed by atoms with Gasteiger partial charge in [0.2, 0.25) is 0 Å².